The molecule has 0 atom stereocenters. The number of hydrogen-bond acceptors (Lipinski definition) is 5. The minimum atomic E-state index is -0.286. The summed E-state index contributed by atoms with van der Waals surface area (Å²) in [5.74, 6) is 0.457. The van der Waals surface area contributed by atoms with E-state index in [9.17, 15) is 9.59 Å². The minimum absolute atomic E-state index is 0.147. The average molecular weight is 354 g/mol. The van der Waals surface area contributed by atoms with Gasteiger partial charge in [-0.2, -0.15) is 0 Å². The van der Waals surface area contributed by atoms with E-state index in [1.807, 2.05) is 55.5 Å². The van der Waals surface area contributed by atoms with Crippen molar-refractivity contribution in [1.82, 2.24) is 4.90 Å². The van der Waals surface area contributed by atoms with Crippen molar-refractivity contribution in [2.75, 3.05) is 19.1 Å². The molecule has 6 heteroatoms. The fourth-order valence-corrected chi connectivity index (χ4v) is 3.25. The lowest BCUT2D eigenvalue weighted by Gasteiger charge is -2.14. The second kappa shape index (κ2) is 7.44. The number of thioether (sulfide) groups is 1. The van der Waals surface area contributed by atoms with Crippen molar-refractivity contribution < 1.29 is 14.3 Å². The number of carbonyl (C=O) groups is 2. The Labute approximate surface area is 150 Å². The molecule has 3 rings (SSSR count). The molecule has 25 heavy (non-hydrogen) atoms. The summed E-state index contributed by atoms with van der Waals surface area (Å²) in [6.07, 6.45) is 1.72. The molecule has 1 aliphatic heterocycles. The van der Waals surface area contributed by atoms with Crippen LogP contribution in [0.5, 0.6) is 5.75 Å². The van der Waals surface area contributed by atoms with Crippen LogP contribution in [0.3, 0.4) is 0 Å². The Hall–Kier alpha value is -2.73. The molecular weight excluding hydrogens is 336 g/mol. The fraction of sp³-hybridized carbons (Fsp3) is 0.158. The lowest BCUT2D eigenvalue weighted by Crippen LogP contribution is -2.33. The zero-order valence-corrected chi connectivity index (χ0v) is 14.8. The Morgan fingerprint density at radius 3 is 2.60 bits per heavy atom. The highest BCUT2D eigenvalue weighted by Crippen LogP contribution is 2.32. The summed E-state index contributed by atoms with van der Waals surface area (Å²) in [6.45, 7) is 2.14. The first-order valence-corrected chi connectivity index (χ1v) is 8.58. The number of hydrogen-bond donors (Lipinski definition) is 1. The van der Waals surface area contributed by atoms with Crippen LogP contribution in [-0.2, 0) is 4.79 Å². The molecule has 0 saturated carbocycles. The normalized spacial score (nSPS) is 15.8. The number of imide groups is 1. The van der Waals surface area contributed by atoms with Crippen LogP contribution in [0.1, 0.15) is 11.1 Å². The van der Waals surface area contributed by atoms with E-state index in [1.165, 1.54) is 4.90 Å². The molecule has 0 aliphatic carbocycles. The van der Waals surface area contributed by atoms with Gasteiger partial charge >= 0.3 is 0 Å². The Morgan fingerprint density at radius 1 is 1.16 bits per heavy atom. The third-order valence-electron chi connectivity index (χ3n) is 3.75. The molecule has 2 aromatic rings. The van der Waals surface area contributed by atoms with Crippen molar-refractivity contribution in [2.24, 2.45) is 0 Å². The van der Waals surface area contributed by atoms with E-state index in [0.29, 0.717) is 4.91 Å². The van der Waals surface area contributed by atoms with Gasteiger partial charge in [0.05, 0.1) is 18.7 Å². The van der Waals surface area contributed by atoms with Gasteiger partial charge in [0, 0.05) is 5.69 Å². The molecule has 1 saturated heterocycles. The predicted octanol–water partition coefficient (Wildman–Crippen LogP) is 4.11. The van der Waals surface area contributed by atoms with Crippen LogP contribution < -0.4 is 10.1 Å². The average Bonchev–Trinajstić information content (AvgIpc) is 2.87. The Balaban J connectivity index is 1.69. The molecule has 1 aliphatic rings. The number of ether oxygens (including phenoxy) is 1. The molecule has 0 unspecified atom stereocenters. The van der Waals surface area contributed by atoms with E-state index < -0.39 is 0 Å². The van der Waals surface area contributed by atoms with E-state index in [-0.39, 0.29) is 17.8 Å². The maximum absolute atomic E-state index is 12.5. The molecule has 1 fully saturated rings. The number of nitrogens with zero attached hydrogens (tertiary/aromatic N) is 1. The van der Waals surface area contributed by atoms with E-state index in [2.05, 4.69) is 5.32 Å². The molecule has 0 bridgehead atoms. The maximum Gasteiger partial charge on any atom is 0.295 e. The van der Waals surface area contributed by atoms with Gasteiger partial charge in [-0.05, 0) is 60.2 Å². The summed E-state index contributed by atoms with van der Waals surface area (Å²) in [6, 6.07) is 15.1. The second-order valence-electron chi connectivity index (χ2n) is 5.59. The third-order valence-corrected chi connectivity index (χ3v) is 4.65. The smallest absolute Gasteiger partial charge is 0.295 e. The molecule has 2 aromatic carbocycles. The highest BCUT2D eigenvalue weighted by atomic mass is 32.2. The molecule has 128 valence electrons. The van der Waals surface area contributed by atoms with Crippen LogP contribution in [0.2, 0.25) is 0 Å². The molecular formula is C19H18N2O3S. The zero-order chi connectivity index (χ0) is 17.8. The van der Waals surface area contributed by atoms with Crippen molar-refractivity contribution in [2.45, 2.75) is 6.92 Å². The maximum atomic E-state index is 12.5. The Bertz CT molecular complexity index is 831. The van der Waals surface area contributed by atoms with Crippen molar-refractivity contribution >= 4 is 34.7 Å². The van der Waals surface area contributed by atoms with Gasteiger partial charge in [0.1, 0.15) is 5.75 Å². The second-order valence-corrected chi connectivity index (χ2v) is 6.58. The summed E-state index contributed by atoms with van der Waals surface area (Å²) >= 11 is 0.952. The molecule has 1 heterocycles. The van der Waals surface area contributed by atoms with Crippen molar-refractivity contribution in [3.8, 4) is 5.75 Å². The number of anilines is 1. The monoisotopic (exact) mass is 354 g/mol. The molecule has 0 radical (unpaired) electrons. The van der Waals surface area contributed by atoms with Gasteiger partial charge in [-0.1, -0.05) is 24.3 Å². The third kappa shape index (κ3) is 4.03. The Kier molecular flexibility index (Phi) is 5.09. The van der Waals surface area contributed by atoms with Crippen LogP contribution >= 0.6 is 11.8 Å². The van der Waals surface area contributed by atoms with E-state index in [1.54, 1.807) is 13.2 Å². The van der Waals surface area contributed by atoms with Gasteiger partial charge in [0.2, 0.25) is 0 Å². The lowest BCUT2D eigenvalue weighted by molar-refractivity contribution is -0.122. The predicted molar refractivity (Wildman–Crippen MR) is 100 cm³/mol. The summed E-state index contributed by atoms with van der Waals surface area (Å²) in [7, 11) is 1.60. The highest BCUT2D eigenvalue weighted by Gasteiger charge is 2.34. The lowest BCUT2D eigenvalue weighted by atomic mass is 10.2. The van der Waals surface area contributed by atoms with Crippen LogP contribution in [0.4, 0.5) is 10.5 Å². The molecule has 0 spiro atoms. The van der Waals surface area contributed by atoms with Gasteiger partial charge in [0.15, 0.2) is 0 Å². The molecule has 1 N–H and O–H groups in total. The van der Waals surface area contributed by atoms with Gasteiger partial charge in [0.25, 0.3) is 11.1 Å². The van der Waals surface area contributed by atoms with Crippen molar-refractivity contribution in [1.29, 1.82) is 0 Å². The number of nitrogens with one attached hydrogen (secondary N) is 1. The zero-order valence-electron chi connectivity index (χ0n) is 14.0. The highest BCUT2D eigenvalue weighted by molar-refractivity contribution is 8.18. The first kappa shape index (κ1) is 17.1. The molecule has 2 amide bonds. The number of carbonyl (C=O) groups excluding carboxylic acids is 2. The van der Waals surface area contributed by atoms with E-state index >= 15 is 0 Å². The minimum Gasteiger partial charge on any atom is -0.497 e. The number of aryl methyl sites for hydroxylation is 1. The number of methoxy groups -OCH3 is 1. The van der Waals surface area contributed by atoms with Crippen LogP contribution in [0.15, 0.2) is 53.4 Å². The van der Waals surface area contributed by atoms with E-state index in [4.69, 9.17) is 4.74 Å². The van der Waals surface area contributed by atoms with Gasteiger partial charge in [-0.25, -0.2) is 0 Å². The molecule has 0 aromatic heterocycles. The summed E-state index contributed by atoms with van der Waals surface area (Å²) in [4.78, 5) is 26.3. The SMILES string of the molecule is COc1ccc(/C=C2/SC(=O)N(CNc3cccc(C)c3)C2=O)cc1. The molecule has 5 nitrogen and oxygen atoms in total. The number of amides is 2. The number of rotatable bonds is 5. The fourth-order valence-electron chi connectivity index (χ4n) is 2.41. The summed E-state index contributed by atoms with van der Waals surface area (Å²) in [5.41, 5.74) is 2.83. The first-order valence-electron chi connectivity index (χ1n) is 7.77. The summed E-state index contributed by atoms with van der Waals surface area (Å²) < 4.78 is 5.11. The quantitative estimate of drug-likeness (QED) is 0.819. The largest absolute Gasteiger partial charge is 0.497 e. The van der Waals surface area contributed by atoms with Crippen LogP contribution in [0, 0.1) is 6.92 Å². The summed E-state index contributed by atoms with van der Waals surface area (Å²) in [5, 5.41) is 2.84. The van der Waals surface area contributed by atoms with Crippen molar-refractivity contribution in [3.63, 3.8) is 0 Å². The standard InChI is InChI=1S/C19H18N2O3S/c1-13-4-3-5-15(10-13)20-12-21-18(22)17(25-19(21)23)11-14-6-8-16(24-2)9-7-14/h3-11,20H,12H2,1-2H3/b17-11+. The Morgan fingerprint density at radius 2 is 1.92 bits per heavy atom. The topological polar surface area (TPSA) is 58.6 Å². The van der Waals surface area contributed by atoms with Gasteiger partial charge in [-0.3, -0.25) is 14.5 Å². The van der Waals surface area contributed by atoms with E-state index in [0.717, 1.165) is 34.3 Å². The van der Waals surface area contributed by atoms with Crippen LogP contribution in [-0.4, -0.2) is 29.8 Å². The van der Waals surface area contributed by atoms with Gasteiger partial charge < -0.3 is 10.1 Å². The van der Waals surface area contributed by atoms with Crippen molar-refractivity contribution in [3.05, 3.63) is 64.6 Å². The number of benzene rings is 2. The first-order chi connectivity index (χ1) is 12.1. The van der Waals surface area contributed by atoms with Crippen LogP contribution in [0.25, 0.3) is 6.08 Å². The van der Waals surface area contributed by atoms with Gasteiger partial charge in [-0.15, -0.1) is 0 Å².